The molecule has 0 amide bonds. The average molecular weight is 545 g/mol. The van der Waals surface area contributed by atoms with E-state index in [0.29, 0.717) is 6.61 Å². The van der Waals surface area contributed by atoms with E-state index in [1.54, 1.807) is 0 Å². The Bertz CT molecular complexity index is 619. The standard InChI is InChI=1S/C37H68O2/c1-3-5-7-9-11-13-19-27-36(30-25-34(26-31-36)33-23-17-15-18-24-33)37(28-20-16-21-29-37)35(38)39-32-22-14-12-10-8-6-4-2/h33-34H,3-32H2,1-2H3/t34-,36+. The van der Waals surface area contributed by atoms with Crippen LogP contribution in [-0.4, -0.2) is 12.6 Å². The van der Waals surface area contributed by atoms with E-state index in [9.17, 15) is 4.79 Å². The van der Waals surface area contributed by atoms with Gasteiger partial charge in [-0.3, -0.25) is 4.79 Å². The lowest BCUT2D eigenvalue weighted by atomic mass is 9.49. The minimum Gasteiger partial charge on any atom is -0.465 e. The maximum absolute atomic E-state index is 14.2. The summed E-state index contributed by atoms with van der Waals surface area (Å²) in [5.74, 6) is 2.13. The van der Waals surface area contributed by atoms with Gasteiger partial charge in [0, 0.05) is 0 Å². The van der Waals surface area contributed by atoms with Crippen molar-refractivity contribution < 1.29 is 9.53 Å². The normalized spacial score (nSPS) is 25.9. The first-order chi connectivity index (χ1) is 19.2. The van der Waals surface area contributed by atoms with Crippen LogP contribution in [0.4, 0.5) is 0 Å². The quantitative estimate of drug-likeness (QED) is 0.119. The number of carbonyl (C=O) groups is 1. The second kappa shape index (κ2) is 18.8. The van der Waals surface area contributed by atoms with E-state index < -0.39 is 0 Å². The highest BCUT2D eigenvalue weighted by Crippen LogP contribution is 2.61. The molecule has 3 aliphatic carbocycles. The molecule has 3 aliphatic rings. The molecule has 2 nitrogen and oxygen atoms in total. The Labute approximate surface area is 244 Å². The molecule has 0 aromatic heterocycles. The van der Waals surface area contributed by atoms with E-state index in [2.05, 4.69) is 13.8 Å². The monoisotopic (exact) mass is 545 g/mol. The third-order valence-electron chi connectivity index (χ3n) is 11.7. The smallest absolute Gasteiger partial charge is 0.312 e. The lowest BCUT2D eigenvalue weighted by Crippen LogP contribution is -2.52. The molecule has 0 atom stereocenters. The molecule has 39 heavy (non-hydrogen) atoms. The van der Waals surface area contributed by atoms with Gasteiger partial charge in [-0.1, -0.05) is 149 Å². The Kier molecular flexibility index (Phi) is 15.9. The molecule has 228 valence electrons. The van der Waals surface area contributed by atoms with Crippen LogP contribution in [0.1, 0.15) is 200 Å². The van der Waals surface area contributed by atoms with Gasteiger partial charge >= 0.3 is 5.97 Å². The predicted octanol–water partition coefficient (Wildman–Crippen LogP) is 12.1. The zero-order chi connectivity index (χ0) is 27.7. The molecule has 3 saturated carbocycles. The zero-order valence-corrected chi connectivity index (χ0v) is 26.7. The van der Waals surface area contributed by atoms with Gasteiger partial charge in [-0.15, -0.1) is 0 Å². The highest BCUT2D eigenvalue weighted by atomic mass is 16.5. The third-order valence-corrected chi connectivity index (χ3v) is 11.7. The molecule has 3 rings (SSSR count). The maximum atomic E-state index is 14.2. The molecule has 0 aromatic carbocycles. The molecule has 3 fully saturated rings. The van der Waals surface area contributed by atoms with Crippen LogP contribution < -0.4 is 0 Å². The fraction of sp³-hybridized carbons (Fsp3) is 0.973. The summed E-state index contributed by atoms with van der Waals surface area (Å²) in [5.41, 5.74) is 0.0192. The van der Waals surface area contributed by atoms with Crippen molar-refractivity contribution in [3.05, 3.63) is 0 Å². The summed E-state index contributed by atoms with van der Waals surface area (Å²) in [6.07, 6.45) is 38.5. The summed E-state index contributed by atoms with van der Waals surface area (Å²) >= 11 is 0. The van der Waals surface area contributed by atoms with Gasteiger partial charge in [0.1, 0.15) is 0 Å². The average Bonchev–Trinajstić information content (AvgIpc) is 2.99. The summed E-state index contributed by atoms with van der Waals surface area (Å²) < 4.78 is 6.27. The topological polar surface area (TPSA) is 26.3 Å². The Hall–Kier alpha value is -0.530. The van der Waals surface area contributed by atoms with E-state index >= 15 is 0 Å². The van der Waals surface area contributed by atoms with Crippen molar-refractivity contribution in [3.8, 4) is 0 Å². The molecule has 0 aromatic rings. The minimum absolute atomic E-state index is 0.188. The first-order valence-electron chi connectivity index (χ1n) is 18.3. The zero-order valence-electron chi connectivity index (χ0n) is 26.7. The second-order valence-electron chi connectivity index (χ2n) is 14.3. The van der Waals surface area contributed by atoms with Crippen LogP contribution in [0.15, 0.2) is 0 Å². The van der Waals surface area contributed by atoms with Gasteiger partial charge in [0.2, 0.25) is 0 Å². The van der Waals surface area contributed by atoms with Gasteiger partial charge in [-0.25, -0.2) is 0 Å². The first-order valence-corrected chi connectivity index (χ1v) is 18.3. The Morgan fingerprint density at radius 3 is 1.64 bits per heavy atom. The number of esters is 1. The van der Waals surface area contributed by atoms with Crippen LogP contribution >= 0.6 is 0 Å². The van der Waals surface area contributed by atoms with Crippen molar-refractivity contribution in [2.45, 2.75) is 200 Å². The molecule has 0 N–H and O–H groups in total. The van der Waals surface area contributed by atoms with Gasteiger partial charge in [-0.05, 0) is 68.6 Å². The van der Waals surface area contributed by atoms with Crippen LogP contribution in [-0.2, 0) is 9.53 Å². The van der Waals surface area contributed by atoms with Crippen molar-refractivity contribution in [1.29, 1.82) is 0 Å². The number of hydrogen-bond acceptors (Lipinski definition) is 2. The van der Waals surface area contributed by atoms with Crippen LogP contribution in [0, 0.1) is 22.7 Å². The van der Waals surface area contributed by atoms with Crippen molar-refractivity contribution in [2.75, 3.05) is 6.61 Å². The van der Waals surface area contributed by atoms with Crippen molar-refractivity contribution >= 4 is 5.97 Å². The van der Waals surface area contributed by atoms with Crippen LogP contribution in [0.5, 0.6) is 0 Å². The van der Waals surface area contributed by atoms with Gasteiger partial charge in [0.05, 0.1) is 12.0 Å². The first kappa shape index (κ1) is 33.0. The Morgan fingerprint density at radius 1 is 0.564 bits per heavy atom. The molecule has 2 heteroatoms. The summed E-state index contributed by atoms with van der Waals surface area (Å²) in [6.45, 7) is 5.25. The Morgan fingerprint density at radius 2 is 1.05 bits per heavy atom. The lowest BCUT2D eigenvalue weighted by molar-refractivity contribution is -0.175. The number of rotatable bonds is 19. The van der Waals surface area contributed by atoms with E-state index in [4.69, 9.17) is 4.74 Å². The highest BCUT2D eigenvalue weighted by molar-refractivity contribution is 5.78. The molecule has 0 saturated heterocycles. The molecule has 0 bridgehead atoms. The Balaban J connectivity index is 1.62. The number of ether oxygens (including phenoxy) is 1. The second-order valence-corrected chi connectivity index (χ2v) is 14.3. The van der Waals surface area contributed by atoms with Gasteiger partial charge in [-0.2, -0.15) is 0 Å². The summed E-state index contributed by atoms with van der Waals surface area (Å²) in [5, 5.41) is 0. The molecule has 0 spiro atoms. The summed E-state index contributed by atoms with van der Waals surface area (Å²) in [4.78, 5) is 14.2. The fourth-order valence-electron chi connectivity index (χ4n) is 9.13. The highest BCUT2D eigenvalue weighted by Gasteiger charge is 2.57. The maximum Gasteiger partial charge on any atom is 0.312 e. The largest absolute Gasteiger partial charge is 0.465 e. The molecule has 0 aliphatic heterocycles. The lowest BCUT2D eigenvalue weighted by Gasteiger charge is -2.55. The fourth-order valence-corrected chi connectivity index (χ4v) is 9.13. The van der Waals surface area contributed by atoms with E-state index in [-0.39, 0.29) is 16.8 Å². The van der Waals surface area contributed by atoms with E-state index in [1.807, 2.05) is 0 Å². The third kappa shape index (κ3) is 10.1. The number of hydrogen-bond donors (Lipinski definition) is 0. The van der Waals surface area contributed by atoms with Gasteiger partial charge in [0.25, 0.3) is 0 Å². The van der Waals surface area contributed by atoms with E-state index in [0.717, 1.165) is 31.1 Å². The van der Waals surface area contributed by atoms with E-state index in [1.165, 1.54) is 167 Å². The summed E-state index contributed by atoms with van der Waals surface area (Å²) in [6, 6.07) is 0. The van der Waals surface area contributed by atoms with Crippen molar-refractivity contribution in [3.63, 3.8) is 0 Å². The van der Waals surface area contributed by atoms with Crippen molar-refractivity contribution in [1.82, 2.24) is 0 Å². The molecule has 0 heterocycles. The van der Waals surface area contributed by atoms with Crippen molar-refractivity contribution in [2.24, 2.45) is 22.7 Å². The molecule has 0 unspecified atom stereocenters. The minimum atomic E-state index is -0.188. The number of unbranched alkanes of at least 4 members (excludes halogenated alkanes) is 12. The summed E-state index contributed by atoms with van der Waals surface area (Å²) in [7, 11) is 0. The molecular formula is C37H68O2. The van der Waals surface area contributed by atoms with Crippen LogP contribution in [0.25, 0.3) is 0 Å². The van der Waals surface area contributed by atoms with Crippen LogP contribution in [0.2, 0.25) is 0 Å². The SMILES string of the molecule is CCCCCCCCCOC(=O)C1([C@]2(CCCCCCCCC)CC[C@H](C3CCCCC3)CC2)CCCCC1. The molecular weight excluding hydrogens is 476 g/mol. The van der Waals surface area contributed by atoms with Gasteiger partial charge in [0.15, 0.2) is 0 Å². The van der Waals surface area contributed by atoms with Gasteiger partial charge < -0.3 is 4.74 Å². The van der Waals surface area contributed by atoms with Crippen LogP contribution in [0.3, 0.4) is 0 Å². The molecule has 0 radical (unpaired) electrons. The number of carbonyl (C=O) groups excluding carboxylic acids is 1. The predicted molar refractivity (Wildman–Crippen MR) is 168 cm³/mol.